The Balaban J connectivity index is 2.54. The first kappa shape index (κ1) is 12.6. The van der Waals surface area contributed by atoms with Crippen molar-refractivity contribution >= 4 is 6.09 Å². The van der Waals surface area contributed by atoms with Crippen LogP contribution in [0.2, 0.25) is 0 Å². The molecule has 0 saturated carbocycles. The number of azide groups is 1. The van der Waals surface area contributed by atoms with E-state index in [9.17, 15) is 4.79 Å². The van der Waals surface area contributed by atoms with Crippen LogP contribution in [0.5, 0.6) is 0 Å². The Labute approximate surface area is 95.2 Å². The molecule has 0 bridgehead atoms. The van der Waals surface area contributed by atoms with Gasteiger partial charge in [-0.25, -0.2) is 4.79 Å². The SMILES string of the molecule is CCC(C)OC(=O)N1CC(N=[N+]=[N-])C[C@H]1C. The van der Waals surface area contributed by atoms with E-state index in [1.165, 1.54) is 0 Å². The standard InChI is InChI=1S/C10H18N4O2/c1-4-8(3)16-10(15)14-6-9(12-13-11)5-7(14)2/h7-9H,4-6H2,1-3H3/t7-,8?,9?/m1/s1. The molecule has 2 unspecified atom stereocenters. The number of ether oxygens (including phenoxy) is 1. The van der Waals surface area contributed by atoms with Gasteiger partial charge in [-0.1, -0.05) is 12.0 Å². The summed E-state index contributed by atoms with van der Waals surface area (Å²) in [5.74, 6) is 0. The molecular weight excluding hydrogens is 208 g/mol. The molecule has 0 N–H and O–H groups in total. The van der Waals surface area contributed by atoms with E-state index in [0.29, 0.717) is 13.0 Å². The molecule has 1 aliphatic rings. The first-order valence-electron chi connectivity index (χ1n) is 5.59. The molecule has 1 heterocycles. The molecule has 0 aromatic heterocycles. The van der Waals surface area contributed by atoms with Crippen LogP contribution in [0, 0.1) is 0 Å². The van der Waals surface area contributed by atoms with Crippen molar-refractivity contribution in [2.45, 2.75) is 51.8 Å². The van der Waals surface area contributed by atoms with Crippen LogP contribution in [0.25, 0.3) is 10.4 Å². The Bertz CT molecular complexity index is 301. The maximum atomic E-state index is 11.7. The number of likely N-dealkylation sites (tertiary alicyclic amines) is 1. The number of hydrogen-bond donors (Lipinski definition) is 0. The number of hydrogen-bond acceptors (Lipinski definition) is 3. The summed E-state index contributed by atoms with van der Waals surface area (Å²) in [6, 6.07) is -0.0449. The summed E-state index contributed by atoms with van der Waals surface area (Å²) in [7, 11) is 0. The predicted molar refractivity (Wildman–Crippen MR) is 60.0 cm³/mol. The van der Waals surface area contributed by atoms with Gasteiger partial charge >= 0.3 is 6.09 Å². The zero-order valence-corrected chi connectivity index (χ0v) is 9.96. The predicted octanol–water partition coefficient (Wildman–Crippen LogP) is 2.69. The number of nitrogens with zero attached hydrogens (tertiary/aromatic N) is 4. The maximum absolute atomic E-state index is 11.7. The lowest BCUT2D eigenvalue weighted by Gasteiger charge is -2.22. The number of carbonyl (C=O) groups excluding carboxylic acids is 1. The van der Waals surface area contributed by atoms with Gasteiger partial charge in [0.25, 0.3) is 0 Å². The van der Waals surface area contributed by atoms with Crippen LogP contribution >= 0.6 is 0 Å². The zero-order valence-electron chi connectivity index (χ0n) is 9.96. The fourth-order valence-corrected chi connectivity index (χ4v) is 1.74. The molecule has 3 atom stereocenters. The molecular formula is C10H18N4O2. The maximum Gasteiger partial charge on any atom is 0.410 e. The summed E-state index contributed by atoms with van der Waals surface area (Å²) in [5, 5.41) is 3.64. The van der Waals surface area contributed by atoms with Gasteiger partial charge in [-0.05, 0) is 32.2 Å². The van der Waals surface area contributed by atoms with Gasteiger partial charge in [-0.15, -0.1) is 0 Å². The van der Waals surface area contributed by atoms with Crippen molar-refractivity contribution in [1.29, 1.82) is 0 Å². The zero-order chi connectivity index (χ0) is 12.1. The van der Waals surface area contributed by atoms with Gasteiger partial charge in [0.2, 0.25) is 0 Å². The molecule has 90 valence electrons. The highest BCUT2D eigenvalue weighted by Crippen LogP contribution is 2.21. The van der Waals surface area contributed by atoms with Crippen LogP contribution in [0.1, 0.15) is 33.6 Å². The fourth-order valence-electron chi connectivity index (χ4n) is 1.74. The van der Waals surface area contributed by atoms with E-state index in [0.717, 1.165) is 6.42 Å². The smallest absolute Gasteiger partial charge is 0.410 e. The first-order valence-corrected chi connectivity index (χ1v) is 5.59. The Morgan fingerprint density at radius 3 is 3.00 bits per heavy atom. The van der Waals surface area contributed by atoms with Crippen molar-refractivity contribution in [3.8, 4) is 0 Å². The molecule has 0 aliphatic carbocycles. The lowest BCUT2D eigenvalue weighted by Crippen LogP contribution is -2.36. The summed E-state index contributed by atoms with van der Waals surface area (Å²) in [6.45, 7) is 6.23. The summed E-state index contributed by atoms with van der Waals surface area (Å²) in [5.41, 5.74) is 8.34. The minimum atomic E-state index is -0.308. The third kappa shape index (κ3) is 3.03. The first-order chi connectivity index (χ1) is 7.58. The van der Waals surface area contributed by atoms with Gasteiger partial charge in [0.15, 0.2) is 0 Å². The molecule has 1 amide bonds. The van der Waals surface area contributed by atoms with Crippen molar-refractivity contribution in [2.24, 2.45) is 5.11 Å². The highest BCUT2D eigenvalue weighted by Gasteiger charge is 2.33. The van der Waals surface area contributed by atoms with Gasteiger partial charge in [0, 0.05) is 17.5 Å². The molecule has 1 fully saturated rings. The lowest BCUT2D eigenvalue weighted by atomic mass is 10.2. The van der Waals surface area contributed by atoms with E-state index < -0.39 is 0 Å². The molecule has 6 heteroatoms. The highest BCUT2D eigenvalue weighted by atomic mass is 16.6. The normalized spacial score (nSPS) is 26.1. The summed E-state index contributed by atoms with van der Waals surface area (Å²) < 4.78 is 5.23. The average molecular weight is 226 g/mol. The van der Waals surface area contributed by atoms with E-state index in [1.54, 1.807) is 4.90 Å². The van der Waals surface area contributed by atoms with E-state index >= 15 is 0 Å². The van der Waals surface area contributed by atoms with Gasteiger partial charge in [-0.3, -0.25) is 0 Å². The van der Waals surface area contributed by atoms with Gasteiger partial charge in [0.1, 0.15) is 6.10 Å². The average Bonchev–Trinajstić information content (AvgIpc) is 2.60. The molecule has 0 spiro atoms. The molecule has 0 radical (unpaired) electrons. The van der Waals surface area contributed by atoms with Gasteiger partial charge in [-0.2, -0.15) is 0 Å². The fraction of sp³-hybridized carbons (Fsp3) is 0.900. The Morgan fingerprint density at radius 1 is 1.75 bits per heavy atom. The van der Waals surface area contributed by atoms with Crippen LogP contribution in [0.4, 0.5) is 4.79 Å². The van der Waals surface area contributed by atoms with Crippen molar-refractivity contribution in [2.75, 3.05) is 6.54 Å². The summed E-state index contributed by atoms with van der Waals surface area (Å²) in [6.07, 6.45) is 1.13. The van der Waals surface area contributed by atoms with E-state index in [-0.39, 0.29) is 24.3 Å². The second kappa shape index (κ2) is 5.61. The molecule has 0 aromatic carbocycles. The molecule has 0 aromatic rings. The third-order valence-corrected chi connectivity index (χ3v) is 2.88. The Morgan fingerprint density at radius 2 is 2.44 bits per heavy atom. The van der Waals surface area contributed by atoms with Crippen LogP contribution in [-0.4, -0.2) is 35.7 Å². The third-order valence-electron chi connectivity index (χ3n) is 2.88. The van der Waals surface area contributed by atoms with E-state index in [1.807, 2.05) is 20.8 Å². The summed E-state index contributed by atoms with van der Waals surface area (Å²) >= 11 is 0. The molecule has 1 rings (SSSR count). The number of carbonyl (C=O) groups is 1. The summed E-state index contributed by atoms with van der Waals surface area (Å²) in [4.78, 5) is 16.1. The second-order valence-corrected chi connectivity index (χ2v) is 4.20. The molecule has 1 aliphatic heterocycles. The van der Waals surface area contributed by atoms with Crippen molar-refractivity contribution in [3.63, 3.8) is 0 Å². The van der Waals surface area contributed by atoms with E-state index in [4.69, 9.17) is 10.3 Å². The molecule has 1 saturated heterocycles. The van der Waals surface area contributed by atoms with Crippen LogP contribution in [0.3, 0.4) is 0 Å². The van der Waals surface area contributed by atoms with Crippen molar-refractivity contribution < 1.29 is 9.53 Å². The minimum absolute atomic E-state index is 0.0711. The van der Waals surface area contributed by atoms with Crippen molar-refractivity contribution in [1.82, 2.24) is 4.90 Å². The number of amides is 1. The minimum Gasteiger partial charge on any atom is -0.446 e. The Hall–Kier alpha value is -1.42. The van der Waals surface area contributed by atoms with Crippen LogP contribution < -0.4 is 0 Å². The highest BCUT2D eigenvalue weighted by molar-refractivity contribution is 5.68. The quantitative estimate of drug-likeness (QED) is 0.421. The monoisotopic (exact) mass is 226 g/mol. The van der Waals surface area contributed by atoms with Gasteiger partial charge in [0.05, 0.1) is 6.04 Å². The van der Waals surface area contributed by atoms with Gasteiger partial charge < -0.3 is 9.64 Å². The van der Waals surface area contributed by atoms with Crippen molar-refractivity contribution in [3.05, 3.63) is 10.4 Å². The largest absolute Gasteiger partial charge is 0.446 e. The molecule has 16 heavy (non-hydrogen) atoms. The lowest BCUT2D eigenvalue weighted by molar-refractivity contribution is 0.0667. The second-order valence-electron chi connectivity index (χ2n) is 4.20. The van der Waals surface area contributed by atoms with Crippen LogP contribution in [-0.2, 0) is 4.74 Å². The Kier molecular flexibility index (Phi) is 4.43. The van der Waals surface area contributed by atoms with E-state index in [2.05, 4.69) is 10.0 Å². The van der Waals surface area contributed by atoms with Crippen LogP contribution in [0.15, 0.2) is 5.11 Å². The number of rotatable bonds is 3. The topological polar surface area (TPSA) is 78.3 Å². The molecule has 6 nitrogen and oxygen atoms in total.